The molecule has 0 aromatic heterocycles. The number of nitrogens with one attached hydrogen (secondary N) is 2. The standard InChI is InChI=1S/C22H26N4O3S/c23-17-19-7-4-5-10-21(19)30(28,29)26-15-11-18(12-16-26)22(27)25-14-6-13-24-20-8-2-1-3-9-20/h1-5,7-10,18,24H,6,11-16H2,(H,25,27). The summed E-state index contributed by atoms with van der Waals surface area (Å²) in [6, 6.07) is 18.0. The number of hydrogen-bond acceptors (Lipinski definition) is 5. The van der Waals surface area contributed by atoms with Gasteiger partial charge in [-0.25, -0.2) is 8.42 Å². The zero-order valence-electron chi connectivity index (χ0n) is 16.8. The molecule has 0 bridgehead atoms. The van der Waals surface area contributed by atoms with Crippen molar-refractivity contribution in [3.63, 3.8) is 0 Å². The maximum absolute atomic E-state index is 12.9. The predicted molar refractivity (Wildman–Crippen MR) is 115 cm³/mol. The van der Waals surface area contributed by atoms with Crippen LogP contribution in [-0.2, 0) is 14.8 Å². The van der Waals surface area contributed by atoms with E-state index in [4.69, 9.17) is 0 Å². The lowest BCUT2D eigenvalue weighted by atomic mass is 9.97. The van der Waals surface area contributed by atoms with Gasteiger partial charge >= 0.3 is 0 Å². The van der Waals surface area contributed by atoms with Gasteiger partial charge in [0.25, 0.3) is 0 Å². The number of carbonyl (C=O) groups excluding carboxylic acids is 1. The number of amides is 1. The van der Waals surface area contributed by atoms with Gasteiger partial charge in [0.2, 0.25) is 15.9 Å². The van der Waals surface area contributed by atoms with E-state index in [2.05, 4.69) is 10.6 Å². The Hall–Kier alpha value is -2.89. The Bertz CT molecular complexity index is 995. The van der Waals surface area contributed by atoms with Crippen molar-refractivity contribution in [2.24, 2.45) is 5.92 Å². The summed E-state index contributed by atoms with van der Waals surface area (Å²) in [6.45, 7) is 1.89. The van der Waals surface area contributed by atoms with Crippen LogP contribution in [0, 0.1) is 17.2 Å². The maximum Gasteiger partial charge on any atom is 0.244 e. The molecule has 1 heterocycles. The van der Waals surface area contributed by atoms with E-state index in [0.29, 0.717) is 19.4 Å². The van der Waals surface area contributed by atoms with E-state index in [0.717, 1.165) is 18.7 Å². The quantitative estimate of drug-likeness (QED) is 0.632. The summed E-state index contributed by atoms with van der Waals surface area (Å²) in [6.07, 6.45) is 1.75. The van der Waals surface area contributed by atoms with Crippen molar-refractivity contribution in [1.82, 2.24) is 9.62 Å². The van der Waals surface area contributed by atoms with Crippen LogP contribution in [0.1, 0.15) is 24.8 Å². The number of rotatable bonds is 8. The van der Waals surface area contributed by atoms with Crippen LogP contribution in [0.15, 0.2) is 59.5 Å². The van der Waals surface area contributed by atoms with Crippen LogP contribution in [0.5, 0.6) is 0 Å². The van der Waals surface area contributed by atoms with Gasteiger partial charge in [0, 0.05) is 37.8 Å². The third-order valence-electron chi connectivity index (χ3n) is 5.21. The molecule has 7 nitrogen and oxygen atoms in total. The molecule has 1 fully saturated rings. The molecule has 1 amide bonds. The minimum Gasteiger partial charge on any atom is -0.385 e. The highest BCUT2D eigenvalue weighted by Crippen LogP contribution is 2.25. The first-order valence-corrected chi connectivity index (χ1v) is 11.5. The number of hydrogen-bond donors (Lipinski definition) is 2. The summed E-state index contributed by atoms with van der Waals surface area (Å²) < 4.78 is 27.1. The summed E-state index contributed by atoms with van der Waals surface area (Å²) in [4.78, 5) is 12.4. The normalized spacial score (nSPS) is 15.3. The van der Waals surface area contributed by atoms with Gasteiger partial charge in [-0.05, 0) is 43.5 Å². The Morgan fingerprint density at radius 2 is 1.70 bits per heavy atom. The van der Waals surface area contributed by atoms with Crippen molar-refractivity contribution < 1.29 is 13.2 Å². The van der Waals surface area contributed by atoms with Gasteiger partial charge in [-0.1, -0.05) is 30.3 Å². The monoisotopic (exact) mass is 426 g/mol. The number of nitriles is 1. The number of piperidine rings is 1. The Kier molecular flexibility index (Phi) is 7.44. The van der Waals surface area contributed by atoms with Crippen molar-refractivity contribution in [2.75, 3.05) is 31.5 Å². The average molecular weight is 427 g/mol. The van der Waals surface area contributed by atoms with Crippen molar-refractivity contribution >= 4 is 21.6 Å². The summed E-state index contributed by atoms with van der Waals surface area (Å²) >= 11 is 0. The van der Waals surface area contributed by atoms with Crippen molar-refractivity contribution in [3.05, 3.63) is 60.2 Å². The second-order valence-electron chi connectivity index (χ2n) is 7.22. The smallest absolute Gasteiger partial charge is 0.244 e. The van der Waals surface area contributed by atoms with E-state index in [9.17, 15) is 18.5 Å². The lowest BCUT2D eigenvalue weighted by Gasteiger charge is -2.30. The van der Waals surface area contributed by atoms with Gasteiger partial charge < -0.3 is 10.6 Å². The van der Waals surface area contributed by atoms with E-state index in [1.165, 1.54) is 16.4 Å². The van der Waals surface area contributed by atoms with Gasteiger partial charge in [0.1, 0.15) is 6.07 Å². The first-order valence-electron chi connectivity index (χ1n) is 10.1. The van der Waals surface area contributed by atoms with Crippen LogP contribution in [0.2, 0.25) is 0 Å². The largest absolute Gasteiger partial charge is 0.385 e. The van der Waals surface area contributed by atoms with E-state index >= 15 is 0 Å². The van der Waals surface area contributed by atoms with Crippen molar-refractivity contribution in [2.45, 2.75) is 24.2 Å². The Balaban J connectivity index is 1.43. The van der Waals surface area contributed by atoms with Crippen LogP contribution in [0.4, 0.5) is 5.69 Å². The predicted octanol–water partition coefficient (Wildman–Crippen LogP) is 2.58. The zero-order valence-corrected chi connectivity index (χ0v) is 17.6. The molecule has 0 radical (unpaired) electrons. The molecule has 1 aliphatic rings. The van der Waals surface area contributed by atoms with Gasteiger partial charge in [-0.2, -0.15) is 9.57 Å². The molecular formula is C22H26N4O3S. The molecule has 2 N–H and O–H groups in total. The number of sulfonamides is 1. The van der Waals surface area contributed by atoms with Gasteiger partial charge in [0.15, 0.2) is 0 Å². The zero-order chi connectivity index (χ0) is 21.4. The molecular weight excluding hydrogens is 400 g/mol. The summed E-state index contributed by atoms with van der Waals surface area (Å²) in [5, 5.41) is 15.4. The second-order valence-corrected chi connectivity index (χ2v) is 9.13. The van der Waals surface area contributed by atoms with Gasteiger partial charge in [0.05, 0.1) is 10.5 Å². The molecule has 8 heteroatoms. The molecule has 0 unspecified atom stereocenters. The third-order valence-corrected chi connectivity index (χ3v) is 7.16. The number of anilines is 1. The van der Waals surface area contributed by atoms with E-state index in [-0.39, 0.29) is 35.4 Å². The summed E-state index contributed by atoms with van der Waals surface area (Å²) in [5.74, 6) is -0.214. The third kappa shape index (κ3) is 5.38. The highest BCUT2D eigenvalue weighted by Gasteiger charge is 2.33. The topological polar surface area (TPSA) is 102 Å². The maximum atomic E-state index is 12.9. The molecule has 30 heavy (non-hydrogen) atoms. The van der Waals surface area contributed by atoms with E-state index in [1.54, 1.807) is 12.1 Å². The fourth-order valence-corrected chi connectivity index (χ4v) is 5.13. The highest BCUT2D eigenvalue weighted by molar-refractivity contribution is 7.89. The minimum atomic E-state index is -3.73. The molecule has 1 saturated heterocycles. The molecule has 0 saturated carbocycles. The van der Waals surface area contributed by atoms with E-state index < -0.39 is 10.0 Å². The molecule has 2 aromatic rings. The number of carbonyl (C=O) groups is 1. The number of benzene rings is 2. The molecule has 0 aliphatic carbocycles. The van der Waals surface area contributed by atoms with Gasteiger partial charge in [-0.15, -0.1) is 0 Å². The first-order chi connectivity index (χ1) is 14.5. The molecule has 0 spiro atoms. The van der Waals surface area contributed by atoms with Crippen LogP contribution >= 0.6 is 0 Å². The van der Waals surface area contributed by atoms with Crippen LogP contribution in [0.25, 0.3) is 0 Å². The number of para-hydroxylation sites is 1. The molecule has 2 aromatic carbocycles. The van der Waals surface area contributed by atoms with Crippen LogP contribution in [-0.4, -0.2) is 44.8 Å². The van der Waals surface area contributed by atoms with Gasteiger partial charge in [-0.3, -0.25) is 4.79 Å². The van der Waals surface area contributed by atoms with Crippen molar-refractivity contribution in [1.29, 1.82) is 5.26 Å². The fraction of sp³-hybridized carbons (Fsp3) is 0.364. The number of nitrogens with zero attached hydrogens (tertiary/aromatic N) is 2. The molecule has 0 atom stereocenters. The summed E-state index contributed by atoms with van der Waals surface area (Å²) in [7, 11) is -3.73. The van der Waals surface area contributed by atoms with Crippen molar-refractivity contribution in [3.8, 4) is 6.07 Å². The first kappa shape index (κ1) is 21.8. The highest BCUT2D eigenvalue weighted by atomic mass is 32.2. The Morgan fingerprint density at radius 1 is 1.03 bits per heavy atom. The lowest BCUT2D eigenvalue weighted by molar-refractivity contribution is -0.126. The SMILES string of the molecule is N#Cc1ccccc1S(=O)(=O)N1CCC(C(=O)NCCCNc2ccccc2)CC1. The Labute approximate surface area is 177 Å². The molecule has 3 rings (SSSR count). The molecule has 158 valence electrons. The fourth-order valence-electron chi connectivity index (χ4n) is 3.51. The summed E-state index contributed by atoms with van der Waals surface area (Å²) in [5.41, 5.74) is 1.19. The Morgan fingerprint density at radius 3 is 2.40 bits per heavy atom. The average Bonchev–Trinajstić information content (AvgIpc) is 2.79. The van der Waals surface area contributed by atoms with Crippen LogP contribution < -0.4 is 10.6 Å². The minimum absolute atomic E-state index is 0.0239. The van der Waals surface area contributed by atoms with E-state index in [1.807, 2.05) is 36.4 Å². The lowest BCUT2D eigenvalue weighted by Crippen LogP contribution is -2.43. The second kappa shape index (κ2) is 10.2. The molecule has 1 aliphatic heterocycles. The van der Waals surface area contributed by atoms with Crippen LogP contribution in [0.3, 0.4) is 0 Å².